The summed E-state index contributed by atoms with van der Waals surface area (Å²) in [6.07, 6.45) is 2.98. The smallest absolute Gasteiger partial charge is 0.276 e. The average molecular weight is 237 g/mol. The van der Waals surface area contributed by atoms with Gasteiger partial charge in [0, 0.05) is 26.6 Å². The molecule has 6 heteroatoms. The number of aromatic nitrogens is 3. The van der Waals surface area contributed by atoms with Crippen LogP contribution in [0.5, 0.6) is 0 Å². The largest absolute Gasteiger partial charge is 0.354 e. The Hall–Kier alpha value is -1.66. The summed E-state index contributed by atoms with van der Waals surface area (Å²) in [7, 11) is 3.08. The van der Waals surface area contributed by atoms with Crippen LogP contribution in [0.15, 0.2) is 23.3 Å². The lowest BCUT2D eigenvalue weighted by Gasteiger charge is -2.14. The molecule has 2 heterocycles. The zero-order valence-electron chi connectivity index (χ0n) is 10.1. The predicted molar refractivity (Wildman–Crippen MR) is 62.0 cm³/mol. The van der Waals surface area contributed by atoms with Gasteiger partial charge in [0.15, 0.2) is 6.29 Å². The highest BCUT2D eigenvalue weighted by molar-refractivity contribution is 5.44. The van der Waals surface area contributed by atoms with Crippen molar-refractivity contribution in [3.05, 3.63) is 34.5 Å². The van der Waals surface area contributed by atoms with Gasteiger partial charge in [0.25, 0.3) is 5.56 Å². The highest BCUT2D eigenvalue weighted by atomic mass is 16.7. The first kappa shape index (κ1) is 11.8. The molecule has 0 N–H and O–H groups in total. The highest BCUT2D eigenvalue weighted by Crippen LogP contribution is 2.01. The third-order valence-corrected chi connectivity index (χ3v) is 2.60. The molecule has 0 aliphatic carbocycles. The van der Waals surface area contributed by atoms with Gasteiger partial charge in [-0.15, -0.1) is 0 Å². The molecule has 0 fully saturated rings. The Morgan fingerprint density at radius 2 is 2.06 bits per heavy atom. The molecule has 92 valence electrons. The summed E-state index contributed by atoms with van der Waals surface area (Å²) in [6, 6.07) is 1.76. The fourth-order valence-electron chi connectivity index (χ4n) is 1.70. The maximum Gasteiger partial charge on any atom is 0.276 e. The van der Waals surface area contributed by atoms with E-state index in [1.165, 1.54) is 0 Å². The van der Waals surface area contributed by atoms with Crippen molar-refractivity contribution in [2.24, 2.45) is 0 Å². The second-order valence-electron chi connectivity index (χ2n) is 3.77. The molecule has 0 aliphatic heterocycles. The number of hydrogen-bond donors (Lipinski definition) is 0. The zero-order valence-corrected chi connectivity index (χ0v) is 10.1. The van der Waals surface area contributed by atoms with E-state index in [0.717, 1.165) is 5.69 Å². The van der Waals surface area contributed by atoms with Crippen LogP contribution in [-0.4, -0.2) is 34.7 Å². The summed E-state index contributed by atoms with van der Waals surface area (Å²) in [6.45, 7) is 2.20. The molecule has 0 saturated carbocycles. The van der Waals surface area contributed by atoms with Crippen LogP contribution in [-0.2, 0) is 16.0 Å². The van der Waals surface area contributed by atoms with Crippen LogP contribution in [0.4, 0.5) is 0 Å². The minimum atomic E-state index is -0.431. The first-order valence-electron chi connectivity index (χ1n) is 5.26. The quantitative estimate of drug-likeness (QED) is 0.723. The second kappa shape index (κ2) is 4.68. The molecule has 0 spiro atoms. The van der Waals surface area contributed by atoms with Gasteiger partial charge >= 0.3 is 0 Å². The lowest BCUT2D eigenvalue weighted by atomic mass is 10.4. The molecule has 2 rings (SSSR count). The number of nitrogens with zero attached hydrogens (tertiary/aromatic N) is 3. The van der Waals surface area contributed by atoms with Gasteiger partial charge in [-0.05, 0) is 13.0 Å². The van der Waals surface area contributed by atoms with Gasteiger partial charge in [0.1, 0.15) is 5.52 Å². The zero-order chi connectivity index (χ0) is 12.4. The third kappa shape index (κ3) is 2.22. The molecule has 0 atom stereocenters. The minimum absolute atomic E-state index is 0.104. The Balaban J connectivity index is 2.42. The summed E-state index contributed by atoms with van der Waals surface area (Å²) < 4.78 is 13.3. The minimum Gasteiger partial charge on any atom is -0.354 e. The van der Waals surface area contributed by atoms with Gasteiger partial charge in [0.05, 0.1) is 12.2 Å². The van der Waals surface area contributed by atoms with Crippen LogP contribution >= 0.6 is 0 Å². The van der Waals surface area contributed by atoms with E-state index in [-0.39, 0.29) is 5.56 Å². The molecule has 6 nitrogen and oxygen atoms in total. The number of aryl methyl sites for hydroxylation is 1. The monoisotopic (exact) mass is 237 g/mol. The number of ether oxygens (including phenoxy) is 2. The molecular weight excluding hydrogens is 222 g/mol. The van der Waals surface area contributed by atoms with E-state index < -0.39 is 6.29 Å². The lowest BCUT2D eigenvalue weighted by molar-refractivity contribution is -0.111. The average Bonchev–Trinajstić information content (AvgIpc) is 2.70. The number of methoxy groups -OCH3 is 2. The van der Waals surface area contributed by atoms with Crippen molar-refractivity contribution in [2.75, 3.05) is 14.2 Å². The molecule has 0 aliphatic rings. The van der Waals surface area contributed by atoms with Crippen LogP contribution in [0.2, 0.25) is 0 Å². The van der Waals surface area contributed by atoms with E-state index in [4.69, 9.17) is 9.47 Å². The maximum atomic E-state index is 12.1. The Kier molecular flexibility index (Phi) is 3.26. The first-order chi connectivity index (χ1) is 8.15. The Labute approximate surface area is 98.4 Å². The Bertz CT molecular complexity index is 569. The number of hydrogen-bond acceptors (Lipinski definition) is 4. The van der Waals surface area contributed by atoms with Crippen molar-refractivity contribution in [1.82, 2.24) is 14.2 Å². The van der Waals surface area contributed by atoms with Crippen LogP contribution in [0.1, 0.15) is 5.69 Å². The highest BCUT2D eigenvalue weighted by Gasteiger charge is 2.10. The number of fused-ring (bicyclic) bond motifs is 1. The predicted octanol–water partition coefficient (Wildman–Crippen LogP) is 0.423. The molecule has 0 radical (unpaired) electrons. The van der Waals surface area contributed by atoms with E-state index in [9.17, 15) is 4.79 Å². The summed E-state index contributed by atoms with van der Waals surface area (Å²) in [5.41, 5.74) is 1.26. The molecule has 0 unspecified atom stereocenters. The van der Waals surface area contributed by atoms with Crippen molar-refractivity contribution in [2.45, 2.75) is 19.8 Å². The molecule has 0 amide bonds. The van der Waals surface area contributed by atoms with E-state index in [2.05, 4.69) is 5.10 Å². The Morgan fingerprint density at radius 3 is 2.71 bits per heavy atom. The van der Waals surface area contributed by atoms with Gasteiger partial charge < -0.3 is 14.0 Å². The van der Waals surface area contributed by atoms with E-state index in [1.54, 1.807) is 41.8 Å². The van der Waals surface area contributed by atoms with Crippen LogP contribution < -0.4 is 5.56 Å². The van der Waals surface area contributed by atoms with Gasteiger partial charge in [-0.2, -0.15) is 5.10 Å². The van der Waals surface area contributed by atoms with Gasteiger partial charge in [-0.3, -0.25) is 4.79 Å². The van der Waals surface area contributed by atoms with E-state index >= 15 is 0 Å². The van der Waals surface area contributed by atoms with Crippen LogP contribution in [0.25, 0.3) is 5.52 Å². The third-order valence-electron chi connectivity index (χ3n) is 2.60. The van der Waals surface area contributed by atoms with Gasteiger partial charge in [-0.25, -0.2) is 4.52 Å². The van der Waals surface area contributed by atoms with Crippen molar-refractivity contribution in [3.8, 4) is 0 Å². The van der Waals surface area contributed by atoms with Crippen molar-refractivity contribution in [1.29, 1.82) is 0 Å². The molecule has 0 saturated heterocycles. The summed E-state index contributed by atoms with van der Waals surface area (Å²) in [5.74, 6) is 0. The molecule has 0 aromatic carbocycles. The normalized spacial score (nSPS) is 11.5. The van der Waals surface area contributed by atoms with E-state index in [0.29, 0.717) is 12.1 Å². The molecule has 2 aromatic heterocycles. The van der Waals surface area contributed by atoms with Crippen molar-refractivity contribution >= 4 is 5.52 Å². The summed E-state index contributed by atoms with van der Waals surface area (Å²) in [4.78, 5) is 12.1. The van der Waals surface area contributed by atoms with Crippen LogP contribution in [0, 0.1) is 6.92 Å². The lowest BCUT2D eigenvalue weighted by Crippen LogP contribution is -2.29. The first-order valence-corrected chi connectivity index (χ1v) is 5.26. The van der Waals surface area contributed by atoms with Gasteiger partial charge in [-0.1, -0.05) is 0 Å². The SMILES string of the molecule is COC(Cn1ccn2nc(C)cc2c1=O)OC. The molecule has 0 bridgehead atoms. The summed E-state index contributed by atoms with van der Waals surface area (Å²) >= 11 is 0. The Morgan fingerprint density at radius 1 is 1.35 bits per heavy atom. The van der Waals surface area contributed by atoms with Crippen molar-refractivity contribution in [3.63, 3.8) is 0 Å². The summed E-state index contributed by atoms with van der Waals surface area (Å²) in [5, 5.41) is 4.18. The number of rotatable bonds is 4. The molecule has 2 aromatic rings. The topological polar surface area (TPSA) is 57.8 Å². The fraction of sp³-hybridized carbons (Fsp3) is 0.455. The molecular formula is C11H15N3O3. The fourth-order valence-corrected chi connectivity index (χ4v) is 1.70. The maximum absolute atomic E-state index is 12.1. The standard InChI is InChI=1S/C11H15N3O3/c1-8-6-9-11(15)13(4-5-14(9)12-8)7-10(16-2)17-3/h4-6,10H,7H2,1-3H3. The van der Waals surface area contributed by atoms with E-state index in [1.807, 2.05) is 6.92 Å². The van der Waals surface area contributed by atoms with Crippen molar-refractivity contribution < 1.29 is 9.47 Å². The molecule has 17 heavy (non-hydrogen) atoms. The second-order valence-corrected chi connectivity index (χ2v) is 3.77. The van der Waals surface area contributed by atoms with Gasteiger partial charge in [0.2, 0.25) is 0 Å². The van der Waals surface area contributed by atoms with Crippen LogP contribution in [0.3, 0.4) is 0 Å².